The van der Waals surface area contributed by atoms with Crippen molar-refractivity contribution in [1.29, 1.82) is 0 Å². The molecule has 8 nitrogen and oxygen atoms in total. The van der Waals surface area contributed by atoms with Crippen molar-refractivity contribution in [3.63, 3.8) is 0 Å². The van der Waals surface area contributed by atoms with Crippen LogP contribution < -0.4 is 10.6 Å². The molecule has 186 valence electrons. The minimum absolute atomic E-state index is 0.109. The molecule has 0 fully saturated rings. The molecule has 0 saturated heterocycles. The van der Waals surface area contributed by atoms with Gasteiger partial charge in [0, 0.05) is 18.4 Å². The number of ether oxygens (including phenoxy) is 2. The zero-order valence-electron chi connectivity index (χ0n) is 20.6. The smallest absolute Gasteiger partial charge is 0.338 e. The number of nitrogens with one attached hydrogen (secondary N) is 2. The summed E-state index contributed by atoms with van der Waals surface area (Å²) < 4.78 is 10.3. The summed E-state index contributed by atoms with van der Waals surface area (Å²) in [6, 6.07) is 10.8. The van der Waals surface area contributed by atoms with Crippen LogP contribution in [0.4, 0.5) is 5.69 Å². The van der Waals surface area contributed by atoms with Crippen molar-refractivity contribution in [3.05, 3.63) is 59.4 Å². The number of aromatic nitrogens is 1. The summed E-state index contributed by atoms with van der Waals surface area (Å²) in [6.07, 6.45) is 3.91. The Morgan fingerprint density at radius 2 is 1.76 bits per heavy atom. The van der Waals surface area contributed by atoms with Gasteiger partial charge in [-0.15, -0.1) is 0 Å². The van der Waals surface area contributed by atoms with Gasteiger partial charge in [-0.25, -0.2) is 4.79 Å². The third-order valence-corrected chi connectivity index (χ3v) is 5.40. The molecule has 0 atom stereocenters. The summed E-state index contributed by atoms with van der Waals surface area (Å²) in [5.74, 6) is -0.685. The Bertz CT molecular complexity index is 869. The lowest BCUT2D eigenvalue weighted by Crippen LogP contribution is -2.25. The number of rotatable bonds is 16. The van der Waals surface area contributed by atoms with Gasteiger partial charge in [0.2, 0.25) is 0 Å². The first-order valence-electron chi connectivity index (χ1n) is 12.1. The van der Waals surface area contributed by atoms with E-state index < -0.39 is 0 Å². The van der Waals surface area contributed by atoms with Gasteiger partial charge in [0.05, 0.1) is 17.9 Å². The highest BCUT2D eigenvalue weighted by molar-refractivity contribution is 5.89. The molecule has 0 aliphatic heterocycles. The second-order valence-corrected chi connectivity index (χ2v) is 7.88. The van der Waals surface area contributed by atoms with Crippen molar-refractivity contribution in [1.82, 2.24) is 15.2 Å². The number of nitrogens with zero attached hydrogens (tertiary/aromatic N) is 2. The van der Waals surface area contributed by atoms with Gasteiger partial charge in [-0.05, 0) is 75.8 Å². The number of benzene rings is 1. The molecular weight excluding hydrogens is 432 g/mol. The largest absolute Gasteiger partial charge is 0.465 e. The van der Waals surface area contributed by atoms with Crippen LogP contribution in [0.3, 0.4) is 0 Å². The summed E-state index contributed by atoms with van der Waals surface area (Å²) in [5, 5.41) is 6.39. The fourth-order valence-electron chi connectivity index (χ4n) is 3.38. The van der Waals surface area contributed by atoms with Crippen LogP contribution in [0, 0.1) is 0 Å². The monoisotopic (exact) mass is 470 g/mol. The van der Waals surface area contributed by atoms with Crippen molar-refractivity contribution in [2.24, 2.45) is 0 Å². The lowest BCUT2D eigenvalue weighted by atomic mass is 10.2. The number of pyridine rings is 1. The lowest BCUT2D eigenvalue weighted by Gasteiger charge is -2.17. The Labute approximate surface area is 203 Å². The molecule has 1 aromatic heterocycles. The highest BCUT2D eigenvalue weighted by Crippen LogP contribution is 2.12. The van der Waals surface area contributed by atoms with E-state index in [4.69, 9.17) is 9.47 Å². The van der Waals surface area contributed by atoms with E-state index in [0.29, 0.717) is 18.7 Å². The van der Waals surface area contributed by atoms with Gasteiger partial charge in [-0.3, -0.25) is 9.78 Å². The Hall–Kier alpha value is -2.97. The topological polar surface area (TPSA) is 92.8 Å². The van der Waals surface area contributed by atoms with Gasteiger partial charge in [-0.1, -0.05) is 26.0 Å². The number of unbranched alkanes of at least 4 members (excludes halogenated alkanes) is 1. The van der Waals surface area contributed by atoms with Crippen LogP contribution in [-0.4, -0.2) is 61.2 Å². The molecule has 8 heteroatoms. The third kappa shape index (κ3) is 10.3. The first kappa shape index (κ1) is 27.3. The predicted octanol–water partition coefficient (Wildman–Crippen LogP) is 3.63. The van der Waals surface area contributed by atoms with Crippen molar-refractivity contribution < 1.29 is 19.1 Å². The van der Waals surface area contributed by atoms with Crippen LogP contribution in [0.15, 0.2) is 42.6 Å². The number of carbonyl (C=O) groups is 2. The predicted molar refractivity (Wildman–Crippen MR) is 134 cm³/mol. The summed E-state index contributed by atoms with van der Waals surface area (Å²) in [7, 11) is 0. The molecule has 0 saturated carbocycles. The first-order chi connectivity index (χ1) is 16.5. The van der Waals surface area contributed by atoms with Gasteiger partial charge in [0.1, 0.15) is 13.2 Å². The van der Waals surface area contributed by atoms with Gasteiger partial charge < -0.3 is 25.0 Å². The van der Waals surface area contributed by atoms with Crippen LogP contribution in [0.1, 0.15) is 55.2 Å². The van der Waals surface area contributed by atoms with E-state index in [1.807, 2.05) is 24.3 Å². The average Bonchev–Trinajstić information content (AvgIpc) is 2.86. The third-order valence-electron chi connectivity index (χ3n) is 5.40. The van der Waals surface area contributed by atoms with Crippen molar-refractivity contribution in [3.8, 4) is 0 Å². The summed E-state index contributed by atoms with van der Waals surface area (Å²) in [6.45, 7) is 11.6. The van der Waals surface area contributed by atoms with Crippen molar-refractivity contribution >= 4 is 17.6 Å². The van der Waals surface area contributed by atoms with E-state index in [9.17, 15) is 9.59 Å². The molecule has 34 heavy (non-hydrogen) atoms. The van der Waals surface area contributed by atoms with E-state index in [2.05, 4.69) is 34.4 Å². The van der Waals surface area contributed by atoms with Crippen LogP contribution in [-0.2, 0) is 27.4 Å². The van der Waals surface area contributed by atoms with E-state index >= 15 is 0 Å². The Balaban J connectivity index is 1.72. The second kappa shape index (κ2) is 15.8. The molecule has 2 rings (SSSR count). The molecule has 2 aromatic rings. The van der Waals surface area contributed by atoms with Crippen LogP contribution in [0.25, 0.3) is 0 Å². The van der Waals surface area contributed by atoms with Crippen LogP contribution in [0.2, 0.25) is 0 Å². The fourth-order valence-corrected chi connectivity index (χ4v) is 3.38. The minimum Gasteiger partial charge on any atom is -0.465 e. The van der Waals surface area contributed by atoms with Gasteiger partial charge in [0.15, 0.2) is 0 Å². The lowest BCUT2D eigenvalue weighted by molar-refractivity contribution is -0.140. The van der Waals surface area contributed by atoms with E-state index in [0.717, 1.165) is 56.0 Å². The zero-order chi connectivity index (χ0) is 24.6. The highest BCUT2D eigenvalue weighted by Gasteiger charge is 2.09. The number of hydrogen-bond donors (Lipinski definition) is 2. The number of hydrogen-bond acceptors (Lipinski definition) is 8. The van der Waals surface area contributed by atoms with E-state index in [1.165, 1.54) is 0 Å². The molecule has 0 bridgehead atoms. The quantitative estimate of drug-likeness (QED) is 0.284. The SMILES string of the molecule is CCOC(=O)CNc1ccc(COC(=O)c2ccnc(CNCCCCN(CC)CC)c2)cc1. The second-order valence-electron chi connectivity index (χ2n) is 7.88. The molecule has 0 aliphatic rings. The molecule has 1 heterocycles. The maximum atomic E-state index is 12.5. The molecule has 1 aromatic carbocycles. The average molecular weight is 471 g/mol. The highest BCUT2D eigenvalue weighted by atomic mass is 16.5. The Kier molecular flexibility index (Phi) is 12.7. The van der Waals surface area contributed by atoms with E-state index in [-0.39, 0.29) is 25.1 Å². The van der Waals surface area contributed by atoms with E-state index in [1.54, 1.807) is 25.3 Å². The standard InChI is InChI=1S/C26H38N4O4/c1-4-30(5-2)16-8-7-14-27-18-24-17-22(13-15-28-24)26(32)34-20-21-9-11-23(12-10-21)29-19-25(31)33-6-3/h9-13,15,17,27,29H,4-8,14,16,18-20H2,1-3H3. The van der Waals surface area contributed by atoms with Crippen molar-refractivity contribution in [2.45, 2.75) is 46.8 Å². The number of anilines is 1. The van der Waals surface area contributed by atoms with Gasteiger partial charge in [0.25, 0.3) is 0 Å². The first-order valence-corrected chi connectivity index (χ1v) is 12.1. The molecule has 0 unspecified atom stereocenters. The minimum atomic E-state index is -0.382. The van der Waals surface area contributed by atoms with Crippen molar-refractivity contribution in [2.75, 3.05) is 44.6 Å². The van der Waals surface area contributed by atoms with Crippen LogP contribution in [0.5, 0.6) is 0 Å². The summed E-state index contributed by atoms with van der Waals surface area (Å²) in [4.78, 5) is 30.7. The van der Waals surface area contributed by atoms with Crippen LogP contribution >= 0.6 is 0 Å². The Morgan fingerprint density at radius 3 is 2.47 bits per heavy atom. The normalized spacial score (nSPS) is 10.8. The molecule has 0 amide bonds. The molecule has 0 aliphatic carbocycles. The molecule has 0 spiro atoms. The molecule has 0 radical (unpaired) electrons. The number of esters is 2. The summed E-state index contributed by atoms with van der Waals surface area (Å²) >= 11 is 0. The zero-order valence-corrected chi connectivity index (χ0v) is 20.6. The molecular formula is C26H38N4O4. The molecule has 2 N–H and O–H groups in total. The van der Waals surface area contributed by atoms with Gasteiger partial charge >= 0.3 is 11.9 Å². The van der Waals surface area contributed by atoms with Gasteiger partial charge in [-0.2, -0.15) is 0 Å². The number of carbonyl (C=O) groups excluding carboxylic acids is 2. The summed E-state index contributed by atoms with van der Waals surface area (Å²) in [5.41, 5.74) is 2.95. The fraction of sp³-hybridized carbons (Fsp3) is 0.500. The maximum Gasteiger partial charge on any atom is 0.338 e. The maximum absolute atomic E-state index is 12.5. The Morgan fingerprint density at radius 1 is 1.00 bits per heavy atom.